The molecule has 0 fully saturated rings. The SMILES string of the molecule is Cc1ccc(Cn2c(SCC(=O)c3ccc(F)cc3)nc3cc(C(=O)NCC(C)C)ccc3c2=O)cc1. The molecule has 6 nitrogen and oxygen atoms in total. The van der Waals surface area contributed by atoms with E-state index < -0.39 is 5.82 Å². The molecule has 0 saturated carbocycles. The first-order valence-corrected chi connectivity index (χ1v) is 13.0. The van der Waals surface area contributed by atoms with Gasteiger partial charge in [-0.05, 0) is 60.9 Å². The van der Waals surface area contributed by atoms with Crippen LogP contribution in [0, 0.1) is 18.7 Å². The molecule has 190 valence electrons. The number of rotatable bonds is 9. The summed E-state index contributed by atoms with van der Waals surface area (Å²) in [5, 5.41) is 3.64. The maximum atomic E-state index is 13.6. The van der Waals surface area contributed by atoms with E-state index in [-0.39, 0.29) is 29.5 Å². The Kier molecular flexibility index (Phi) is 8.18. The summed E-state index contributed by atoms with van der Waals surface area (Å²) in [6.45, 7) is 6.83. The van der Waals surface area contributed by atoms with Crippen molar-refractivity contribution in [1.29, 1.82) is 0 Å². The average molecular weight is 518 g/mol. The van der Waals surface area contributed by atoms with Gasteiger partial charge in [0.15, 0.2) is 10.9 Å². The van der Waals surface area contributed by atoms with Crippen molar-refractivity contribution in [3.8, 4) is 0 Å². The van der Waals surface area contributed by atoms with Crippen molar-refractivity contribution < 1.29 is 14.0 Å². The topological polar surface area (TPSA) is 81.1 Å². The molecule has 4 aromatic rings. The number of amides is 1. The van der Waals surface area contributed by atoms with Crippen LogP contribution in [0.5, 0.6) is 0 Å². The highest BCUT2D eigenvalue weighted by Gasteiger charge is 2.17. The van der Waals surface area contributed by atoms with E-state index in [4.69, 9.17) is 4.98 Å². The third-order valence-electron chi connectivity index (χ3n) is 5.81. The van der Waals surface area contributed by atoms with Gasteiger partial charge >= 0.3 is 0 Å². The zero-order valence-electron chi connectivity index (χ0n) is 21.0. The van der Waals surface area contributed by atoms with Gasteiger partial charge in [-0.15, -0.1) is 0 Å². The maximum absolute atomic E-state index is 13.6. The lowest BCUT2D eigenvalue weighted by Gasteiger charge is -2.14. The Balaban J connectivity index is 1.70. The molecular weight excluding hydrogens is 489 g/mol. The molecule has 0 atom stereocenters. The molecule has 37 heavy (non-hydrogen) atoms. The molecule has 8 heteroatoms. The molecule has 0 spiro atoms. The molecule has 1 aromatic heterocycles. The number of hydrogen-bond donors (Lipinski definition) is 1. The molecule has 0 aliphatic heterocycles. The predicted octanol–water partition coefficient (Wildman–Crippen LogP) is 5.25. The van der Waals surface area contributed by atoms with Gasteiger partial charge in [-0.3, -0.25) is 19.0 Å². The summed E-state index contributed by atoms with van der Waals surface area (Å²) < 4.78 is 14.8. The molecule has 0 radical (unpaired) electrons. The normalized spacial score (nSPS) is 11.2. The monoisotopic (exact) mass is 517 g/mol. The first-order chi connectivity index (χ1) is 17.7. The lowest BCUT2D eigenvalue weighted by Crippen LogP contribution is -2.28. The highest BCUT2D eigenvalue weighted by atomic mass is 32.2. The zero-order valence-corrected chi connectivity index (χ0v) is 21.8. The van der Waals surface area contributed by atoms with Gasteiger partial charge in [-0.2, -0.15) is 0 Å². The highest BCUT2D eigenvalue weighted by molar-refractivity contribution is 7.99. The van der Waals surface area contributed by atoms with E-state index in [0.29, 0.717) is 39.6 Å². The van der Waals surface area contributed by atoms with Crippen LogP contribution < -0.4 is 10.9 Å². The van der Waals surface area contributed by atoms with Crippen LogP contribution in [0.1, 0.15) is 45.7 Å². The van der Waals surface area contributed by atoms with Gasteiger partial charge in [0.2, 0.25) is 0 Å². The predicted molar refractivity (Wildman–Crippen MR) is 145 cm³/mol. The van der Waals surface area contributed by atoms with E-state index in [1.165, 1.54) is 24.3 Å². The van der Waals surface area contributed by atoms with Gasteiger partial charge in [-0.25, -0.2) is 9.37 Å². The molecule has 1 N–H and O–H groups in total. The molecule has 0 bridgehead atoms. The fourth-order valence-corrected chi connectivity index (χ4v) is 4.61. The summed E-state index contributed by atoms with van der Waals surface area (Å²) in [4.78, 5) is 43.6. The first-order valence-electron chi connectivity index (χ1n) is 12.0. The number of carbonyl (C=O) groups excluding carboxylic acids is 2. The molecule has 3 aromatic carbocycles. The quantitative estimate of drug-likeness (QED) is 0.186. The van der Waals surface area contributed by atoms with E-state index in [0.717, 1.165) is 22.9 Å². The van der Waals surface area contributed by atoms with Gasteiger partial charge in [0.1, 0.15) is 5.82 Å². The van der Waals surface area contributed by atoms with Crippen molar-refractivity contribution in [1.82, 2.24) is 14.9 Å². The lowest BCUT2D eigenvalue weighted by atomic mass is 10.1. The summed E-state index contributed by atoms with van der Waals surface area (Å²) >= 11 is 1.14. The molecule has 0 saturated heterocycles. The van der Waals surface area contributed by atoms with Crippen LogP contribution in [0.3, 0.4) is 0 Å². The Morgan fingerprint density at radius 3 is 2.35 bits per heavy atom. The Bertz CT molecular complexity index is 1500. The second-order valence-electron chi connectivity index (χ2n) is 9.33. The average Bonchev–Trinajstić information content (AvgIpc) is 2.89. The summed E-state index contributed by atoms with van der Waals surface area (Å²) in [6.07, 6.45) is 0. The Hall–Kier alpha value is -3.78. The fourth-order valence-electron chi connectivity index (χ4n) is 3.72. The number of benzene rings is 3. The number of thioether (sulfide) groups is 1. The minimum absolute atomic E-state index is 0.0199. The van der Waals surface area contributed by atoms with Crippen molar-refractivity contribution in [2.75, 3.05) is 12.3 Å². The molecule has 4 rings (SSSR count). The number of hydrogen-bond acceptors (Lipinski definition) is 5. The highest BCUT2D eigenvalue weighted by Crippen LogP contribution is 2.21. The smallest absolute Gasteiger partial charge is 0.262 e. The number of aryl methyl sites for hydroxylation is 1. The minimum Gasteiger partial charge on any atom is -0.352 e. The summed E-state index contributed by atoms with van der Waals surface area (Å²) in [6, 6.07) is 18.1. The number of ketones is 1. The largest absolute Gasteiger partial charge is 0.352 e. The van der Waals surface area contributed by atoms with Gasteiger partial charge < -0.3 is 5.32 Å². The van der Waals surface area contributed by atoms with Gasteiger partial charge in [0.05, 0.1) is 23.2 Å². The summed E-state index contributed by atoms with van der Waals surface area (Å²) in [5.41, 5.74) is 2.96. The van der Waals surface area contributed by atoms with E-state index >= 15 is 0 Å². The minimum atomic E-state index is -0.416. The standard InChI is InChI=1S/C29H28FN3O3S/c1-18(2)15-31-27(35)22-10-13-24-25(14-22)32-29(37-17-26(34)21-8-11-23(30)12-9-21)33(28(24)36)16-20-6-4-19(3)5-7-20/h4-14,18H,15-17H2,1-3H3,(H,31,35). The second kappa shape index (κ2) is 11.5. The number of carbonyl (C=O) groups is 2. The van der Waals surface area contributed by atoms with Gasteiger partial charge in [0.25, 0.3) is 11.5 Å². The van der Waals surface area contributed by atoms with Crippen molar-refractivity contribution in [3.63, 3.8) is 0 Å². The number of Topliss-reactive ketones (excluding diaryl/α,β-unsaturated/α-hetero) is 1. The van der Waals surface area contributed by atoms with Crippen LogP contribution in [-0.4, -0.2) is 33.5 Å². The van der Waals surface area contributed by atoms with Gasteiger partial charge in [0, 0.05) is 17.7 Å². The van der Waals surface area contributed by atoms with Crippen molar-refractivity contribution in [2.45, 2.75) is 32.5 Å². The van der Waals surface area contributed by atoms with Crippen LogP contribution in [0.15, 0.2) is 76.7 Å². The number of fused-ring (bicyclic) bond motifs is 1. The van der Waals surface area contributed by atoms with E-state index in [1.54, 1.807) is 22.8 Å². The molecule has 0 unspecified atom stereocenters. The zero-order chi connectivity index (χ0) is 26.5. The Morgan fingerprint density at radius 2 is 1.68 bits per heavy atom. The molecule has 0 aliphatic rings. The fraction of sp³-hybridized carbons (Fsp3) is 0.241. The third-order valence-corrected chi connectivity index (χ3v) is 6.79. The number of nitrogens with one attached hydrogen (secondary N) is 1. The molecular formula is C29H28FN3O3S. The van der Waals surface area contributed by atoms with Crippen LogP contribution >= 0.6 is 11.8 Å². The Morgan fingerprint density at radius 1 is 1.00 bits per heavy atom. The maximum Gasteiger partial charge on any atom is 0.262 e. The van der Waals surface area contributed by atoms with Crippen LogP contribution in [0.4, 0.5) is 4.39 Å². The van der Waals surface area contributed by atoms with Gasteiger partial charge in [-0.1, -0.05) is 55.4 Å². The van der Waals surface area contributed by atoms with E-state index in [1.807, 2.05) is 45.0 Å². The van der Waals surface area contributed by atoms with Crippen molar-refractivity contribution >= 4 is 34.4 Å². The lowest BCUT2D eigenvalue weighted by molar-refractivity contribution is 0.0948. The first kappa shape index (κ1) is 26.3. The van der Waals surface area contributed by atoms with Crippen molar-refractivity contribution in [2.24, 2.45) is 5.92 Å². The van der Waals surface area contributed by atoms with E-state index in [9.17, 15) is 18.8 Å². The second-order valence-corrected chi connectivity index (χ2v) is 10.3. The Labute approximate surface area is 218 Å². The summed E-state index contributed by atoms with van der Waals surface area (Å²) in [5.74, 6) is -0.532. The van der Waals surface area contributed by atoms with E-state index in [2.05, 4.69) is 5.32 Å². The summed E-state index contributed by atoms with van der Waals surface area (Å²) in [7, 11) is 0. The third kappa shape index (κ3) is 6.51. The van der Waals surface area contributed by atoms with Crippen molar-refractivity contribution in [3.05, 3.63) is 105 Å². The van der Waals surface area contributed by atoms with Crippen LogP contribution in [-0.2, 0) is 6.54 Å². The molecule has 1 heterocycles. The number of nitrogens with zero attached hydrogens (tertiary/aromatic N) is 2. The van der Waals surface area contributed by atoms with Crippen LogP contribution in [0.2, 0.25) is 0 Å². The molecule has 1 amide bonds. The molecule has 0 aliphatic carbocycles. The van der Waals surface area contributed by atoms with Crippen LogP contribution in [0.25, 0.3) is 10.9 Å². The number of halogens is 1. The number of aromatic nitrogens is 2.